The van der Waals surface area contributed by atoms with Crippen molar-refractivity contribution in [2.45, 2.75) is 0 Å². The van der Waals surface area contributed by atoms with E-state index in [-0.39, 0.29) is 177 Å². The molecule has 82 valence electrons. The normalized spacial score (nSPS) is 0. The van der Waals surface area contributed by atoms with Crippen LogP contribution in [0.25, 0.3) is 0 Å². The van der Waals surface area contributed by atoms with Crippen LogP contribution >= 0.6 is 0 Å². The van der Waals surface area contributed by atoms with Crippen molar-refractivity contribution in [3.8, 4) is 0 Å². The maximum atomic E-state index is 0. The molecule has 0 aliphatic heterocycles. The Bertz CT molecular complexity index is 14.4. The molecule has 0 aromatic heterocycles. The summed E-state index contributed by atoms with van der Waals surface area (Å²) >= 11 is 0. The fourth-order valence-corrected chi connectivity index (χ4v) is 0. The van der Waals surface area contributed by atoms with Gasteiger partial charge in [0.2, 0.25) is 0 Å². The van der Waals surface area contributed by atoms with Gasteiger partial charge in [-0.05, 0) is 0 Å². The van der Waals surface area contributed by atoms with E-state index in [9.17, 15) is 0 Å². The average Bonchev–Trinajstić information content (AvgIpc) is 0. The maximum Gasteiger partial charge on any atom is 0 e. The third-order valence-electron chi connectivity index (χ3n) is 0. The second-order valence-electron chi connectivity index (χ2n) is 0. The summed E-state index contributed by atoms with van der Waals surface area (Å²) in [4.78, 5) is 0. The SMILES string of the molecule is [Mo].[Mo].[Re].[Re].[S-2].[S-2].[S-2].[S-2].[S-2].[S-2].[S-2]. The zero-order chi connectivity index (χ0) is 0. The van der Waals surface area contributed by atoms with Crippen LogP contribution in [0.2, 0.25) is 0 Å². The van der Waals surface area contributed by atoms with Crippen LogP contribution in [0.15, 0.2) is 0 Å². The molecular weight excluding hydrogens is 789 g/mol. The second kappa shape index (κ2) is 114. The van der Waals surface area contributed by atoms with E-state index in [0.717, 1.165) is 0 Å². The molecule has 0 aromatic carbocycles. The molecule has 0 aliphatic carbocycles. The molecule has 0 unspecified atom stereocenters. The molecule has 11 heavy (non-hydrogen) atoms. The number of hydrogen-bond acceptors (Lipinski definition) is 0. The molecule has 0 spiro atoms. The van der Waals surface area contributed by atoms with Crippen molar-refractivity contribution in [1.82, 2.24) is 0 Å². The Balaban J connectivity index is 0. The Labute approximate surface area is 174 Å². The first-order valence-electron chi connectivity index (χ1n) is 0. The molecule has 0 atom stereocenters. The van der Waals surface area contributed by atoms with Crippen molar-refractivity contribution in [3.63, 3.8) is 0 Å². The summed E-state index contributed by atoms with van der Waals surface area (Å²) in [7, 11) is 0. The standard InChI is InChI=1S/2Mo.2Re.7S/q;;;;7*-2. The van der Waals surface area contributed by atoms with Crippen LogP contribution in [0.3, 0.4) is 0 Å². The molecule has 0 fully saturated rings. The Morgan fingerprint density at radius 1 is 0.273 bits per heavy atom. The first-order chi connectivity index (χ1) is 0. The third-order valence-corrected chi connectivity index (χ3v) is 0. The second-order valence-corrected chi connectivity index (χ2v) is 0. The zero-order valence-corrected chi connectivity index (χ0v) is 19.6. The predicted molar refractivity (Wildman–Crippen MR) is 51.6 cm³/mol. The number of hydrogen-bond donors (Lipinski definition) is 0. The summed E-state index contributed by atoms with van der Waals surface area (Å²) in [5.74, 6) is 0. The quantitative estimate of drug-likeness (QED) is 0.303. The van der Waals surface area contributed by atoms with Crippen molar-refractivity contribution in [1.29, 1.82) is 0 Å². The van der Waals surface area contributed by atoms with Gasteiger partial charge in [0.1, 0.15) is 0 Å². The van der Waals surface area contributed by atoms with Gasteiger partial charge in [0, 0.05) is 83.0 Å². The molecule has 0 amide bonds. The fraction of sp³-hybridized carbons (Fsp3) is 0. The molecule has 0 N–H and O–H groups in total. The summed E-state index contributed by atoms with van der Waals surface area (Å²) in [5, 5.41) is 0. The van der Waals surface area contributed by atoms with Gasteiger partial charge in [0.15, 0.2) is 0 Å². The van der Waals surface area contributed by atoms with Crippen LogP contribution in [0.4, 0.5) is 0 Å². The first kappa shape index (κ1) is 140. The van der Waals surface area contributed by atoms with Crippen LogP contribution in [0, 0.1) is 0 Å². The molecule has 2 radical (unpaired) electrons. The molecule has 0 aliphatic rings. The van der Waals surface area contributed by atoms with Crippen molar-refractivity contribution >= 4 is 94.5 Å². The minimum atomic E-state index is 0. The maximum absolute atomic E-state index is 0. The van der Waals surface area contributed by atoms with Gasteiger partial charge in [-0.15, -0.1) is 0 Å². The zero-order valence-electron chi connectivity index (χ0n) is 4.43. The van der Waals surface area contributed by atoms with E-state index in [1.54, 1.807) is 0 Å². The Morgan fingerprint density at radius 2 is 0.273 bits per heavy atom. The molecule has 0 saturated carbocycles. The summed E-state index contributed by atoms with van der Waals surface area (Å²) in [6.07, 6.45) is 0. The molecule has 11 heteroatoms. The van der Waals surface area contributed by atoms with E-state index in [1.165, 1.54) is 0 Å². The molecule has 0 bridgehead atoms. The summed E-state index contributed by atoms with van der Waals surface area (Å²) < 4.78 is 0. The molecule has 0 nitrogen and oxygen atoms in total. The van der Waals surface area contributed by atoms with Crippen molar-refractivity contribution in [2.24, 2.45) is 0 Å². The molecule has 0 heterocycles. The number of rotatable bonds is 0. The topological polar surface area (TPSA) is 0 Å². The van der Waals surface area contributed by atoms with Crippen LogP contribution in [0.5, 0.6) is 0 Å². The van der Waals surface area contributed by atoms with E-state index >= 15 is 0 Å². The van der Waals surface area contributed by atoms with Gasteiger partial charge in [-0.1, -0.05) is 0 Å². The van der Waals surface area contributed by atoms with Gasteiger partial charge in [-0.2, -0.15) is 0 Å². The van der Waals surface area contributed by atoms with Gasteiger partial charge in [0.05, 0.1) is 0 Å². The van der Waals surface area contributed by atoms with Gasteiger partial charge in [0.25, 0.3) is 0 Å². The largest absolute Gasteiger partial charge is 2.00 e. The van der Waals surface area contributed by atoms with Gasteiger partial charge < -0.3 is 94.5 Å². The van der Waals surface area contributed by atoms with Crippen LogP contribution < -0.4 is 0 Å². The predicted octanol–water partition coefficient (Wildman–Crippen LogP) is -0.0268. The smallest absolute Gasteiger partial charge is 0 e. The summed E-state index contributed by atoms with van der Waals surface area (Å²) in [6, 6.07) is 0. The van der Waals surface area contributed by atoms with E-state index < -0.39 is 0 Å². The third kappa shape index (κ3) is 98.8. The monoisotopic (exact) mass is 794 g/mol. The van der Waals surface area contributed by atoms with E-state index in [0.29, 0.717) is 0 Å². The van der Waals surface area contributed by atoms with E-state index in [2.05, 4.69) is 0 Å². The minimum absolute atomic E-state index is 0. The van der Waals surface area contributed by atoms with Crippen LogP contribution in [0.1, 0.15) is 0 Å². The van der Waals surface area contributed by atoms with Crippen molar-refractivity contribution in [2.75, 3.05) is 0 Å². The summed E-state index contributed by atoms with van der Waals surface area (Å²) in [6.45, 7) is 0. The van der Waals surface area contributed by atoms with Gasteiger partial charge >= 0.3 is 0 Å². The van der Waals surface area contributed by atoms with Crippen LogP contribution in [-0.2, 0) is 177 Å². The Hall–Kier alpha value is 5.15. The summed E-state index contributed by atoms with van der Waals surface area (Å²) in [5.41, 5.74) is 0. The van der Waals surface area contributed by atoms with E-state index in [4.69, 9.17) is 0 Å². The molecule has 0 rings (SSSR count). The van der Waals surface area contributed by atoms with E-state index in [1.807, 2.05) is 0 Å². The first-order valence-corrected chi connectivity index (χ1v) is 0. The van der Waals surface area contributed by atoms with Crippen molar-refractivity contribution < 1.29 is 83.0 Å². The Kier molecular flexibility index (Phi) is 1450. The molecule has 0 saturated heterocycles. The Morgan fingerprint density at radius 3 is 0.273 bits per heavy atom. The van der Waals surface area contributed by atoms with Gasteiger partial charge in [-0.25, -0.2) is 0 Å². The van der Waals surface area contributed by atoms with Gasteiger partial charge in [-0.3, -0.25) is 0 Å². The molecule has 0 aromatic rings. The average molecular weight is 789 g/mol. The minimum Gasteiger partial charge on any atom is -2.00 e. The fourth-order valence-electron chi connectivity index (χ4n) is 0. The van der Waals surface area contributed by atoms with Crippen molar-refractivity contribution in [3.05, 3.63) is 0 Å². The molecular formula is Mo2Re2S7-14. The van der Waals surface area contributed by atoms with Crippen LogP contribution in [-0.4, -0.2) is 0 Å².